The molecule has 0 unspecified atom stereocenters. The Morgan fingerprint density at radius 3 is 2.05 bits per heavy atom. The maximum Gasteiger partial charge on any atom is 0.293 e. The molecule has 0 aliphatic heterocycles. The van der Waals surface area contributed by atoms with E-state index in [0.717, 1.165) is 24.0 Å². The number of benzene rings is 1. The van der Waals surface area contributed by atoms with Crippen molar-refractivity contribution in [1.29, 1.82) is 0 Å². The Morgan fingerprint density at radius 2 is 1.62 bits per heavy atom. The molecule has 114 valence electrons. The zero-order chi connectivity index (χ0) is 16.0. The number of nitro groups is 1. The second kappa shape index (κ2) is 4.83. The van der Waals surface area contributed by atoms with Gasteiger partial charge in [0.05, 0.1) is 4.92 Å². The van der Waals surface area contributed by atoms with Crippen molar-refractivity contribution in [2.75, 3.05) is 5.32 Å². The van der Waals surface area contributed by atoms with Crippen molar-refractivity contribution in [3.8, 4) is 0 Å². The first-order valence-corrected chi connectivity index (χ1v) is 7.15. The molecule has 21 heavy (non-hydrogen) atoms. The molecule has 2 rings (SSSR count). The number of nitro benzene ring substituents is 1. The number of carbonyl (C=O) groups is 1. The average molecular weight is 290 g/mol. The number of carbonyl (C=O) groups excluding carboxylic acids is 1. The molecule has 0 aromatic heterocycles. The Bertz CT molecular complexity index is 618. The molecule has 0 bridgehead atoms. The minimum absolute atomic E-state index is 0.0327. The van der Waals surface area contributed by atoms with Crippen LogP contribution in [0.25, 0.3) is 0 Å². The molecule has 0 fully saturated rings. The summed E-state index contributed by atoms with van der Waals surface area (Å²) in [6.45, 7) is 9.87. The number of nitrogens with zero attached hydrogens (tertiary/aromatic N) is 1. The fourth-order valence-electron chi connectivity index (χ4n) is 3.04. The van der Waals surface area contributed by atoms with Gasteiger partial charge in [0.2, 0.25) is 5.91 Å². The van der Waals surface area contributed by atoms with E-state index in [1.807, 2.05) is 0 Å². The van der Waals surface area contributed by atoms with Gasteiger partial charge in [-0.3, -0.25) is 14.9 Å². The first kappa shape index (κ1) is 15.5. The van der Waals surface area contributed by atoms with Crippen LogP contribution in [0.2, 0.25) is 0 Å². The lowest BCUT2D eigenvalue weighted by Gasteiger charge is -2.41. The number of fused-ring (bicyclic) bond motifs is 1. The summed E-state index contributed by atoms with van der Waals surface area (Å²) in [4.78, 5) is 22.2. The minimum atomic E-state index is -0.427. The molecule has 1 aliphatic rings. The van der Waals surface area contributed by atoms with E-state index >= 15 is 0 Å². The van der Waals surface area contributed by atoms with Gasteiger partial charge in [-0.25, -0.2) is 0 Å². The van der Waals surface area contributed by atoms with Crippen LogP contribution in [0.4, 0.5) is 11.4 Å². The van der Waals surface area contributed by atoms with Crippen molar-refractivity contribution in [2.45, 2.75) is 58.3 Å². The van der Waals surface area contributed by atoms with Crippen LogP contribution in [0.5, 0.6) is 0 Å². The van der Waals surface area contributed by atoms with E-state index in [9.17, 15) is 14.9 Å². The highest BCUT2D eigenvalue weighted by Crippen LogP contribution is 2.48. The Hall–Kier alpha value is -1.91. The van der Waals surface area contributed by atoms with Crippen LogP contribution in [0.1, 0.15) is 58.6 Å². The highest BCUT2D eigenvalue weighted by molar-refractivity contribution is 5.91. The molecule has 1 aliphatic carbocycles. The summed E-state index contributed by atoms with van der Waals surface area (Å²) < 4.78 is 0. The summed E-state index contributed by atoms with van der Waals surface area (Å²) in [7, 11) is 0. The number of amides is 1. The van der Waals surface area contributed by atoms with Crippen molar-refractivity contribution in [2.24, 2.45) is 0 Å². The first-order chi connectivity index (χ1) is 9.54. The molecule has 5 heteroatoms. The average Bonchev–Trinajstić information content (AvgIpc) is 2.33. The molecule has 1 N–H and O–H groups in total. The third kappa shape index (κ3) is 2.77. The molecule has 0 saturated carbocycles. The van der Waals surface area contributed by atoms with Gasteiger partial charge in [-0.05, 0) is 40.9 Å². The molecule has 0 saturated heterocycles. The Morgan fingerprint density at radius 1 is 1.14 bits per heavy atom. The van der Waals surface area contributed by atoms with Gasteiger partial charge in [-0.15, -0.1) is 0 Å². The first-order valence-electron chi connectivity index (χ1n) is 7.15. The largest absolute Gasteiger partial charge is 0.321 e. The third-order valence-electron chi connectivity index (χ3n) is 4.48. The van der Waals surface area contributed by atoms with Gasteiger partial charge in [0, 0.05) is 13.0 Å². The number of rotatable bonds is 2. The van der Waals surface area contributed by atoms with Crippen molar-refractivity contribution in [3.63, 3.8) is 0 Å². The fourth-order valence-corrected chi connectivity index (χ4v) is 3.04. The monoisotopic (exact) mass is 290 g/mol. The summed E-state index contributed by atoms with van der Waals surface area (Å²) >= 11 is 0. The lowest BCUT2D eigenvalue weighted by atomic mass is 9.63. The van der Waals surface area contributed by atoms with Crippen molar-refractivity contribution < 1.29 is 9.72 Å². The van der Waals surface area contributed by atoms with Gasteiger partial charge in [0.1, 0.15) is 5.69 Å². The number of hydrogen-bond donors (Lipinski definition) is 1. The quantitative estimate of drug-likeness (QED) is 0.663. The normalized spacial score (nSPS) is 18.7. The molecule has 1 amide bonds. The summed E-state index contributed by atoms with van der Waals surface area (Å²) in [6, 6.07) is 3.43. The van der Waals surface area contributed by atoms with E-state index in [1.165, 1.54) is 6.92 Å². The van der Waals surface area contributed by atoms with Gasteiger partial charge in [0.15, 0.2) is 0 Å². The van der Waals surface area contributed by atoms with E-state index in [0.29, 0.717) is 0 Å². The summed E-state index contributed by atoms with van der Waals surface area (Å²) in [5.74, 6) is -0.300. The second-order valence-corrected chi connectivity index (χ2v) is 7.12. The van der Waals surface area contributed by atoms with E-state index in [-0.39, 0.29) is 28.1 Å². The van der Waals surface area contributed by atoms with Crippen molar-refractivity contribution >= 4 is 17.3 Å². The van der Waals surface area contributed by atoms with Gasteiger partial charge in [-0.2, -0.15) is 0 Å². The van der Waals surface area contributed by atoms with Gasteiger partial charge in [-0.1, -0.05) is 27.7 Å². The Kier molecular flexibility index (Phi) is 3.56. The van der Waals surface area contributed by atoms with E-state index in [4.69, 9.17) is 0 Å². The van der Waals surface area contributed by atoms with Crippen LogP contribution < -0.4 is 5.32 Å². The molecular formula is C16H22N2O3. The molecular weight excluding hydrogens is 268 g/mol. The van der Waals surface area contributed by atoms with Crippen LogP contribution in [-0.2, 0) is 15.6 Å². The van der Waals surface area contributed by atoms with Crippen LogP contribution in [-0.4, -0.2) is 10.8 Å². The van der Waals surface area contributed by atoms with Crippen LogP contribution in [0.3, 0.4) is 0 Å². The van der Waals surface area contributed by atoms with Crippen LogP contribution in [0, 0.1) is 10.1 Å². The zero-order valence-electron chi connectivity index (χ0n) is 13.2. The minimum Gasteiger partial charge on any atom is -0.321 e. The SMILES string of the molecule is CC(=O)Nc1cc2c(cc1[N+](=O)[O-])C(C)(C)CCC2(C)C. The van der Waals surface area contributed by atoms with Gasteiger partial charge < -0.3 is 5.32 Å². The maximum absolute atomic E-state index is 11.3. The summed E-state index contributed by atoms with van der Waals surface area (Å²) in [6.07, 6.45) is 2.01. The highest BCUT2D eigenvalue weighted by atomic mass is 16.6. The number of anilines is 1. The Labute approximate surface area is 124 Å². The van der Waals surface area contributed by atoms with Crippen LogP contribution >= 0.6 is 0 Å². The van der Waals surface area contributed by atoms with Crippen molar-refractivity contribution in [3.05, 3.63) is 33.4 Å². The fraction of sp³-hybridized carbons (Fsp3) is 0.562. The van der Waals surface area contributed by atoms with E-state index in [2.05, 4.69) is 33.0 Å². The summed E-state index contributed by atoms with van der Waals surface area (Å²) in [5.41, 5.74) is 2.22. The lowest BCUT2D eigenvalue weighted by molar-refractivity contribution is -0.384. The van der Waals surface area contributed by atoms with Gasteiger partial charge >= 0.3 is 0 Å². The predicted molar refractivity (Wildman–Crippen MR) is 82.7 cm³/mol. The highest BCUT2D eigenvalue weighted by Gasteiger charge is 2.39. The molecule has 1 aromatic rings. The lowest BCUT2D eigenvalue weighted by Crippen LogP contribution is -2.34. The maximum atomic E-state index is 11.3. The number of hydrogen-bond acceptors (Lipinski definition) is 3. The summed E-state index contributed by atoms with van der Waals surface area (Å²) in [5, 5.41) is 13.9. The molecule has 0 heterocycles. The third-order valence-corrected chi connectivity index (χ3v) is 4.48. The van der Waals surface area contributed by atoms with Gasteiger partial charge in [0.25, 0.3) is 5.69 Å². The van der Waals surface area contributed by atoms with Crippen molar-refractivity contribution in [1.82, 2.24) is 0 Å². The molecule has 5 nitrogen and oxygen atoms in total. The Balaban J connectivity index is 2.72. The van der Waals surface area contributed by atoms with Crippen LogP contribution in [0.15, 0.2) is 12.1 Å². The topological polar surface area (TPSA) is 72.2 Å². The zero-order valence-corrected chi connectivity index (χ0v) is 13.2. The molecule has 0 atom stereocenters. The standard InChI is InChI=1S/C16H22N2O3/c1-10(19)17-13-8-11-12(9-14(13)18(20)21)16(4,5)7-6-15(11,2)3/h8-9H,6-7H2,1-5H3,(H,17,19). The molecule has 1 aromatic carbocycles. The smallest absolute Gasteiger partial charge is 0.293 e. The predicted octanol–water partition coefficient (Wildman–Crippen LogP) is 3.90. The molecule has 0 radical (unpaired) electrons. The number of nitrogens with one attached hydrogen (secondary N) is 1. The van der Waals surface area contributed by atoms with E-state index in [1.54, 1.807) is 12.1 Å². The molecule has 0 spiro atoms. The van der Waals surface area contributed by atoms with E-state index < -0.39 is 4.92 Å². The second-order valence-electron chi connectivity index (χ2n) is 7.12.